The van der Waals surface area contributed by atoms with E-state index in [1.165, 1.54) is 0 Å². The monoisotopic (exact) mass is 344 g/mol. The number of rotatable bonds is 1. The number of halogens is 2. The number of nitrogens with zero attached hydrogens (tertiary/aromatic N) is 3. The maximum absolute atomic E-state index is 6.37. The van der Waals surface area contributed by atoms with Crippen LogP contribution in [0.15, 0.2) is 42.5 Å². The van der Waals surface area contributed by atoms with Gasteiger partial charge in [0.15, 0.2) is 5.82 Å². The minimum absolute atomic E-state index is 0.213. The fraction of sp³-hybridized carbons (Fsp3) is 0.176. The maximum atomic E-state index is 6.37. The topological polar surface area (TPSA) is 42.7 Å². The quantitative estimate of drug-likeness (QED) is 0.691. The van der Waals surface area contributed by atoms with Crippen molar-refractivity contribution < 1.29 is 0 Å². The van der Waals surface area contributed by atoms with Crippen LogP contribution in [0.1, 0.15) is 18.7 Å². The summed E-state index contributed by atoms with van der Waals surface area (Å²) >= 11 is 12.5. The van der Waals surface area contributed by atoms with Crippen LogP contribution in [0.4, 0.5) is 5.69 Å². The Bertz CT molecular complexity index is 888. The van der Waals surface area contributed by atoms with Gasteiger partial charge in [-0.25, -0.2) is 0 Å². The summed E-state index contributed by atoms with van der Waals surface area (Å²) in [6.45, 7) is 2.89. The molecule has 0 saturated heterocycles. The molecule has 116 valence electrons. The largest absolute Gasteiger partial charge is 0.383 e. The molecule has 1 atom stereocenters. The SMILES string of the molecule is C[C@@H]1CNc2cc(Cl)ccc2-n2c(-c3ccccc3Cl)nnc21. The summed E-state index contributed by atoms with van der Waals surface area (Å²) in [7, 11) is 0. The van der Waals surface area contributed by atoms with Crippen molar-refractivity contribution >= 4 is 28.9 Å². The van der Waals surface area contributed by atoms with Gasteiger partial charge in [-0.2, -0.15) is 0 Å². The average molecular weight is 345 g/mol. The van der Waals surface area contributed by atoms with Gasteiger partial charge in [-0.1, -0.05) is 42.3 Å². The van der Waals surface area contributed by atoms with Crippen molar-refractivity contribution in [1.29, 1.82) is 0 Å². The number of benzene rings is 2. The lowest BCUT2D eigenvalue weighted by Gasteiger charge is -2.13. The number of hydrogen-bond donors (Lipinski definition) is 1. The Kier molecular flexibility index (Phi) is 3.51. The zero-order valence-electron chi connectivity index (χ0n) is 12.4. The van der Waals surface area contributed by atoms with E-state index in [0.717, 1.165) is 35.1 Å². The van der Waals surface area contributed by atoms with Gasteiger partial charge in [0.2, 0.25) is 0 Å². The van der Waals surface area contributed by atoms with Gasteiger partial charge in [-0.15, -0.1) is 10.2 Å². The lowest BCUT2D eigenvalue weighted by Crippen LogP contribution is -2.09. The van der Waals surface area contributed by atoms with Gasteiger partial charge in [0, 0.05) is 23.0 Å². The van der Waals surface area contributed by atoms with Crippen molar-refractivity contribution in [2.75, 3.05) is 11.9 Å². The second-order valence-electron chi connectivity index (χ2n) is 5.64. The molecule has 0 amide bonds. The van der Waals surface area contributed by atoms with Gasteiger partial charge in [0.1, 0.15) is 5.82 Å². The summed E-state index contributed by atoms with van der Waals surface area (Å²) in [6, 6.07) is 13.5. The molecule has 0 saturated carbocycles. The number of aromatic nitrogens is 3. The first-order chi connectivity index (χ1) is 11.1. The zero-order valence-corrected chi connectivity index (χ0v) is 13.9. The molecule has 0 radical (unpaired) electrons. The van der Waals surface area contributed by atoms with E-state index in [-0.39, 0.29) is 5.92 Å². The summed E-state index contributed by atoms with van der Waals surface area (Å²) in [6.07, 6.45) is 0. The molecule has 4 rings (SSSR count). The third kappa shape index (κ3) is 2.38. The van der Waals surface area contributed by atoms with Crippen molar-refractivity contribution in [1.82, 2.24) is 14.8 Å². The first-order valence-corrected chi connectivity index (χ1v) is 8.15. The first kappa shape index (κ1) is 14.5. The third-order valence-electron chi connectivity index (χ3n) is 4.04. The normalized spacial score (nSPS) is 16.2. The number of nitrogens with one attached hydrogen (secondary N) is 1. The lowest BCUT2D eigenvalue weighted by atomic mass is 10.1. The van der Waals surface area contributed by atoms with Crippen LogP contribution >= 0.6 is 23.2 Å². The van der Waals surface area contributed by atoms with Crippen molar-refractivity contribution in [3.05, 3.63) is 58.3 Å². The molecule has 1 aliphatic rings. The molecule has 0 unspecified atom stereocenters. The van der Waals surface area contributed by atoms with Crippen molar-refractivity contribution in [2.45, 2.75) is 12.8 Å². The molecule has 0 spiro atoms. The second-order valence-corrected chi connectivity index (χ2v) is 6.48. The fourth-order valence-electron chi connectivity index (χ4n) is 2.87. The van der Waals surface area contributed by atoms with E-state index < -0.39 is 0 Å². The highest BCUT2D eigenvalue weighted by atomic mass is 35.5. The van der Waals surface area contributed by atoms with Gasteiger partial charge >= 0.3 is 0 Å². The average Bonchev–Trinajstić information content (AvgIpc) is 2.92. The van der Waals surface area contributed by atoms with Crippen LogP contribution in [-0.2, 0) is 0 Å². The Hall–Kier alpha value is -2.04. The summed E-state index contributed by atoms with van der Waals surface area (Å²) < 4.78 is 2.07. The summed E-state index contributed by atoms with van der Waals surface area (Å²) in [4.78, 5) is 0. The molecular formula is C17H14Cl2N4. The number of fused-ring (bicyclic) bond motifs is 3. The van der Waals surface area contributed by atoms with Gasteiger partial charge in [0.25, 0.3) is 0 Å². The van der Waals surface area contributed by atoms with Crippen LogP contribution in [0.25, 0.3) is 17.1 Å². The molecule has 1 aromatic heterocycles. The molecule has 23 heavy (non-hydrogen) atoms. The molecule has 4 nitrogen and oxygen atoms in total. The van der Waals surface area contributed by atoms with Gasteiger partial charge in [0.05, 0.1) is 16.4 Å². The number of hydrogen-bond acceptors (Lipinski definition) is 3. The van der Waals surface area contributed by atoms with E-state index in [0.29, 0.717) is 10.0 Å². The Balaban J connectivity index is 2.01. The summed E-state index contributed by atoms with van der Waals surface area (Å²) in [5.41, 5.74) is 2.81. The predicted molar refractivity (Wildman–Crippen MR) is 93.7 cm³/mol. The van der Waals surface area contributed by atoms with Gasteiger partial charge < -0.3 is 5.32 Å². The van der Waals surface area contributed by atoms with E-state index in [1.54, 1.807) is 0 Å². The highest BCUT2D eigenvalue weighted by Gasteiger charge is 2.25. The smallest absolute Gasteiger partial charge is 0.170 e. The Morgan fingerprint density at radius 2 is 1.96 bits per heavy atom. The standard InChI is InChI=1S/C17H14Cl2N4/c1-10-9-20-14-8-11(18)6-7-15(14)23-16(10)21-22-17(23)12-4-2-3-5-13(12)19/h2-8,10,20H,9H2,1H3/t10-/m1/s1. The second kappa shape index (κ2) is 5.55. The van der Waals surface area contributed by atoms with Crippen LogP contribution in [0.3, 0.4) is 0 Å². The van der Waals surface area contributed by atoms with Crippen molar-refractivity contribution in [3.63, 3.8) is 0 Å². The minimum Gasteiger partial charge on any atom is -0.383 e. The molecule has 3 aromatic rings. The van der Waals surface area contributed by atoms with Crippen LogP contribution < -0.4 is 5.32 Å². The highest BCUT2D eigenvalue weighted by Crippen LogP contribution is 2.36. The first-order valence-electron chi connectivity index (χ1n) is 7.39. The minimum atomic E-state index is 0.213. The van der Waals surface area contributed by atoms with E-state index in [4.69, 9.17) is 23.2 Å². The van der Waals surface area contributed by atoms with Crippen molar-refractivity contribution in [2.24, 2.45) is 0 Å². The molecule has 0 aliphatic carbocycles. The van der Waals surface area contributed by atoms with Crippen LogP contribution in [0.2, 0.25) is 10.0 Å². The van der Waals surface area contributed by atoms with Crippen LogP contribution in [-0.4, -0.2) is 21.3 Å². The molecule has 1 N–H and O–H groups in total. The van der Waals surface area contributed by atoms with E-state index >= 15 is 0 Å². The van der Waals surface area contributed by atoms with E-state index in [2.05, 4.69) is 27.0 Å². The zero-order chi connectivity index (χ0) is 16.0. The maximum Gasteiger partial charge on any atom is 0.170 e. The van der Waals surface area contributed by atoms with Crippen LogP contribution in [0.5, 0.6) is 0 Å². The summed E-state index contributed by atoms with van der Waals surface area (Å²) in [5.74, 6) is 1.86. The van der Waals surface area contributed by atoms with E-state index in [1.807, 2.05) is 42.5 Å². The molecule has 0 fully saturated rings. The summed E-state index contributed by atoms with van der Waals surface area (Å²) in [5, 5.41) is 13.6. The number of anilines is 1. The Morgan fingerprint density at radius 3 is 2.78 bits per heavy atom. The predicted octanol–water partition coefficient (Wildman–Crippen LogP) is 4.77. The van der Waals surface area contributed by atoms with Crippen LogP contribution in [0, 0.1) is 0 Å². The van der Waals surface area contributed by atoms with E-state index in [9.17, 15) is 0 Å². The third-order valence-corrected chi connectivity index (χ3v) is 4.61. The molecule has 0 bridgehead atoms. The van der Waals surface area contributed by atoms with Gasteiger partial charge in [-0.3, -0.25) is 4.57 Å². The molecule has 1 aliphatic heterocycles. The molecule has 6 heteroatoms. The highest BCUT2D eigenvalue weighted by molar-refractivity contribution is 6.33. The molecular weight excluding hydrogens is 331 g/mol. The fourth-order valence-corrected chi connectivity index (χ4v) is 3.26. The lowest BCUT2D eigenvalue weighted by molar-refractivity contribution is 0.725. The Labute approximate surface area is 144 Å². The Morgan fingerprint density at radius 1 is 1.13 bits per heavy atom. The molecule has 2 heterocycles. The molecule has 2 aromatic carbocycles. The van der Waals surface area contributed by atoms with Crippen molar-refractivity contribution in [3.8, 4) is 17.1 Å². The van der Waals surface area contributed by atoms with Gasteiger partial charge in [-0.05, 0) is 30.3 Å².